The summed E-state index contributed by atoms with van der Waals surface area (Å²) in [5, 5.41) is 43.2. The quantitative estimate of drug-likeness (QED) is 0.129. The number of nitrogens with two attached hydrogens (primary N) is 1. The van der Waals surface area contributed by atoms with E-state index >= 15 is 0 Å². The van der Waals surface area contributed by atoms with Crippen molar-refractivity contribution in [2.45, 2.75) is 179 Å². The number of hydrogen-bond donors (Lipinski definition) is 5. The van der Waals surface area contributed by atoms with Gasteiger partial charge in [-0.2, -0.15) is 0 Å². The molecule has 0 spiro atoms. The fourth-order valence-corrected chi connectivity index (χ4v) is 10.0. The van der Waals surface area contributed by atoms with E-state index in [0.717, 1.165) is 10.5 Å². The van der Waals surface area contributed by atoms with Gasteiger partial charge in [0, 0.05) is 57.4 Å². The normalized spacial score (nSPS) is 39.1. The molecule has 17 nitrogen and oxygen atoms in total. The van der Waals surface area contributed by atoms with E-state index < -0.39 is 120 Å². The number of methoxy groups -OCH3 is 2. The Morgan fingerprint density at radius 3 is 2.28 bits per heavy atom. The molecular formula is C51H78N2O15. The SMILES string of the molecule is CO[C@H]1C[C@@H]2CC[C@@H](C)[C@@](O)(O2)C(=O)C(=O)N2CCCC[C@H]2C(=O)O[C@H]([C@H](N)C[C@@H]2CC[C@@H](OCC(=O)O)[C@H](OC)C2)CC(=O)[C@H](C)/C=C(\C)[C@@H](O)[C@@H](O)C(=O)[C@H](C)C[C@H](C)/C=C/C=C/C=C/1C. The van der Waals surface area contributed by atoms with Gasteiger partial charge in [-0.15, -0.1) is 0 Å². The molecule has 0 radical (unpaired) electrons. The molecule has 3 fully saturated rings. The minimum absolute atomic E-state index is 0.0212. The molecule has 0 aromatic heterocycles. The first kappa shape index (κ1) is 56.6. The number of aliphatic hydroxyl groups excluding tert-OH is 2. The maximum atomic E-state index is 14.4. The van der Waals surface area contributed by atoms with E-state index in [1.165, 1.54) is 20.1 Å². The van der Waals surface area contributed by atoms with Crippen LogP contribution in [-0.2, 0) is 52.5 Å². The van der Waals surface area contributed by atoms with Gasteiger partial charge in [-0.05, 0) is 101 Å². The summed E-state index contributed by atoms with van der Waals surface area (Å²) in [5.74, 6) is -10.1. The highest BCUT2D eigenvalue weighted by Gasteiger charge is 2.53. The Balaban J connectivity index is 1.68. The molecular weight excluding hydrogens is 881 g/mol. The van der Waals surface area contributed by atoms with E-state index in [0.29, 0.717) is 51.4 Å². The number of rotatable bonds is 8. The molecule has 0 unspecified atom stereocenters. The number of hydrogen-bond acceptors (Lipinski definition) is 15. The summed E-state index contributed by atoms with van der Waals surface area (Å²) in [6.45, 7) is 9.78. The molecule has 1 aliphatic carbocycles. The Morgan fingerprint density at radius 2 is 1.60 bits per heavy atom. The molecule has 1 saturated carbocycles. The topological polar surface area (TPSA) is 259 Å². The highest BCUT2D eigenvalue weighted by atomic mass is 16.6. The Morgan fingerprint density at radius 1 is 0.882 bits per heavy atom. The van der Waals surface area contributed by atoms with E-state index in [1.807, 2.05) is 44.2 Å². The van der Waals surface area contributed by atoms with Crippen LogP contribution in [-0.4, -0.2) is 148 Å². The van der Waals surface area contributed by atoms with Crippen molar-refractivity contribution >= 4 is 35.2 Å². The predicted octanol–water partition coefficient (Wildman–Crippen LogP) is 4.33. The number of carbonyl (C=O) groups excluding carboxylic acids is 5. The minimum Gasteiger partial charge on any atom is -0.480 e. The van der Waals surface area contributed by atoms with Crippen LogP contribution in [0.3, 0.4) is 0 Å². The highest BCUT2D eigenvalue weighted by molar-refractivity contribution is 6.39. The molecule has 0 aromatic rings. The van der Waals surface area contributed by atoms with Crippen LogP contribution in [0.5, 0.6) is 0 Å². The van der Waals surface area contributed by atoms with Gasteiger partial charge >= 0.3 is 11.9 Å². The first-order valence-electron chi connectivity index (χ1n) is 24.3. The lowest BCUT2D eigenvalue weighted by atomic mass is 9.80. The second-order valence-corrected chi connectivity index (χ2v) is 19.7. The number of Topliss-reactive ketones (excluding diaryl/α,β-unsaturated/α-hetero) is 3. The largest absolute Gasteiger partial charge is 0.480 e. The van der Waals surface area contributed by atoms with E-state index in [1.54, 1.807) is 27.9 Å². The van der Waals surface area contributed by atoms with Crippen molar-refractivity contribution in [1.82, 2.24) is 4.90 Å². The van der Waals surface area contributed by atoms with Crippen molar-refractivity contribution in [3.63, 3.8) is 0 Å². The van der Waals surface area contributed by atoms with Gasteiger partial charge in [0.15, 0.2) is 5.78 Å². The van der Waals surface area contributed by atoms with Crippen LogP contribution >= 0.6 is 0 Å². The van der Waals surface area contributed by atoms with E-state index in [9.17, 15) is 44.1 Å². The summed E-state index contributed by atoms with van der Waals surface area (Å²) in [6.07, 6.45) is 8.26. The zero-order chi connectivity index (χ0) is 50.5. The van der Waals surface area contributed by atoms with E-state index in [4.69, 9.17) is 34.5 Å². The van der Waals surface area contributed by atoms with Crippen LogP contribution in [0.4, 0.5) is 0 Å². The average Bonchev–Trinajstić information content (AvgIpc) is 3.31. The molecule has 0 aromatic carbocycles. The lowest BCUT2D eigenvalue weighted by Gasteiger charge is -2.42. The van der Waals surface area contributed by atoms with Crippen LogP contribution in [0.1, 0.15) is 119 Å². The smallest absolute Gasteiger partial charge is 0.329 e. The predicted molar refractivity (Wildman–Crippen MR) is 251 cm³/mol. The van der Waals surface area contributed by atoms with Gasteiger partial charge in [0.05, 0.1) is 24.4 Å². The van der Waals surface area contributed by atoms with Crippen molar-refractivity contribution in [1.29, 1.82) is 0 Å². The Labute approximate surface area is 401 Å². The van der Waals surface area contributed by atoms with Gasteiger partial charge in [-0.1, -0.05) is 64.2 Å². The Hall–Kier alpha value is -3.94. The van der Waals surface area contributed by atoms with Crippen molar-refractivity contribution in [3.05, 3.63) is 47.6 Å². The van der Waals surface area contributed by atoms with Crippen molar-refractivity contribution in [2.75, 3.05) is 27.4 Å². The van der Waals surface area contributed by atoms with Crippen LogP contribution < -0.4 is 5.73 Å². The summed E-state index contributed by atoms with van der Waals surface area (Å²) < 4.78 is 29.3. The number of aliphatic carboxylic acids is 1. The Bertz CT molecular complexity index is 1880. The zero-order valence-electron chi connectivity index (χ0n) is 41.3. The summed E-state index contributed by atoms with van der Waals surface area (Å²) in [6, 6.07) is -2.16. The van der Waals surface area contributed by atoms with Gasteiger partial charge in [-0.25, -0.2) is 9.59 Å². The van der Waals surface area contributed by atoms with Gasteiger partial charge in [-0.3, -0.25) is 19.2 Å². The molecule has 382 valence electrons. The number of carboxylic acids is 1. The number of ketones is 3. The van der Waals surface area contributed by atoms with Gasteiger partial charge in [0.2, 0.25) is 5.79 Å². The molecule has 2 saturated heterocycles. The number of allylic oxidation sites excluding steroid dienone is 6. The van der Waals surface area contributed by atoms with E-state index in [-0.39, 0.29) is 49.6 Å². The molecule has 3 aliphatic heterocycles. The van der Waals surface area contributed by atoms with Crippen molar-refractivity contribution in [2.24, 2.45) is 35.3 Å². The molecule has 15 atom stereocenters. The molecule has 4 aliphatic rings. The molecule has 17 heteroatoms. The number of nitrogens with zero attached hydrogens (tertiary/aromatic N) is 1. The number of fused-ring (bicyclic) bond motifs is 3. The fourth-order valence-electron chi connectivity index (χ4n) is 10.0. The number of carbonyl (C=O) groups is 6. The van der Waals surface area contributed by atoms with Crippen molar-refractivity contribution < 1.29 is 72.9 Å². The summed E-state index contributed by atoms with van der Waals surface area (Å²) in [7, 11) is 3.05. The lowest BCUT2D eigenvalue weighted by molar-refractivity contribution is -0.265. The number of amides is 1. The summed E-state index contributed by atoms with van der Waals surface area (Å²) in [5.41, 5.74) is 7.89. The fraction of sp³-hybridized carbons (Fsp3) is 0.725. The highest BCUT2D eigenvalue weighted by Crippen LogP contribution is 2.37. The number of aliphatic hydroxyl groups is 3. The third-order valence-corrected chi connectivity index (χ3v) is 14.4. The second-order valence-electron chi connectivity index (χ2n) is 19.7. The standard InChI is InChI=1S/C51H78N2O15/c1-29-14-10-9-11-15-30(2)41(64-7)26-36-19-17-34(6)51(63,68-36)48(60)49(61)53-21-13-12-16-38(53)50(62)67-42(37(52)24-35-18-20-40(43(25-35)65-8)66-28-44(55)56)27-39(54)31(3)23-33(5)46(58)47(59)45(57)32(4)22-29/h9-11,14-15,23,29,31-32,34-38,40-43,46-47,58-59,63H,12-13,16-22,24-28,52H2,1-8H3,(H,55,56)/b11-9+,14-10+,30-15+,33-23+/t29-,31-,32-,34-,35+,36+,37-,38+,40-,41+,42+,43-,46-,47+,51-/m1/s1. The van der Waals surface area contributed by atoms with Gasteiger partial charge < -0.3 is 54.7 Å². The summed E-state index contributed by atoms with van der Waals surface area (Å²) >= 11 is 0. The lowest BCUT2D eigenvalue weighted by Crippen LogP contribution is -2.61. The molecule has 68 heavy (non-hydrogen) atoms. The number of cyclic esters (lactones) is 1. The zero-order valence-corrected chi connectivity index (χ0v) is 41.3. The third-order valence-electron chi connectivity index (χ3n) is 14.4. The maximum absolute atomic E-state index is 14.4. The van der Waals surface area contributed by atoms with Crippen LogP contribution in [0.2, 0.25) is 0 Å². The average molecular weight is 959 g/mol. The summed E-state index contributed by atoms with van der Waals surface area (Å²) in [4.78, 5) is 82.5. The molecule has 3 heterocycles. The Kier molecular flexibility index (Phi) is 21.9. The maximum Gasteiger partial charge on any atom is 0.329 e. The monoisotopic (exact) mass is 959 g/mol. The second kappa shape index (κ2) is 26.3. The molecule has 6 N–H and O–H groups in total. The molecule has 2 bridgehead atoms. The van der Waals surface area contributed by atoms with Gasteiger partial charge in [0.25, 0.3) is 11.7 Å². The van der Waals surface area contributed by atoms with E-state index in [2.05, 4.69) is 0 Å². The van der Waals surface area contributed by atoms with Gasteiger partial charge in [0.1, 0.15) is 36.7 Å². The third kappa shape index (κ3) is 15.3. The molecule has 1 amide bonds. The van der Waals surface area contributed by atoms with Crippen molar-refractivity contribution in [3.8, 4) is 0 Å². The number of piperidine rings is 1. The first-order chi connectivity index (χ1) is 32.1. The number of ether oxygens (including phenoxy) is 5. The first-order valence-corrected chi connectivity index (χ1v) is 24.3. The number of esters is 1. The number of carboxylic acid groups (broad SMARTS) is 1. The van der Waals surface area contributed by atoms with Crippen LogP contribution in [0.25, 0.3) is 0 Å². The molecule has 4 rings (SSSR count). The van der Waals surface area contributed by atoms with Crippen LogP contribution in [0.15, 0.2) is 47.6 Å². The minimum atomic E-state index is -2.48. The van der Waals surface area contributed by atoms with Crippen LogP contribution in [0, 0.1) is 29.6 Å².